The second-order valence-electron chi connectivity index (χ2n) is 19.4. The van der Waals surface area contributed by atoms with E-state index in [1.807, 2.05) is 0 Å². The van der Waals surface area contributed by atoms with Crippen LogP contribution in [0.5, 0.6) is 0 Å². The Bertz CT molecular complexity index is 997. The highest BCUT2D eigenvalue weighted by Crippen LogP contribution is 2.18. The molecule has 0 radical (unpaired) electrons. The van der Waals surface area contributed by atoms with Crippen molar-refractivity contribution in [3.63, 3.8) is 0 Å². The van der Waals surface area contributed by atoms with Crippen molar-refractivity contribution in [3.05, 3.63) is 24.3 Å². The second-order valence-corrected chi connectivity index (χ2v) is 19.4. The van der Waals surface area contributed by atoms with Gasteiger partial charge in [0.05, 0.1) is 25.2 Å². The van der Waals surface area contributed by atoms with Crippen LogP contribution >= 0.6 is 0 Å². The van der Waals surface area contributed by atoms with Gasteiger partial charge in [0.1, 0.15) is 6.10 Å². The molecule has 0 aromatic carbocycles. The Labute approximate surface area is 392 Å². The van der Waals surface area contributed by atoms with E-state index in [4.69, 9.17) is 4.74 Å². The molecule has 63 heavy (non-hydrogen) atoms. The number of rotatable bonds is 51. The molecule has 6 heteroatoms. The molecular weight excluding hydrogens is 779 g/mol. The summed E-state index contributed by atoms with van der Waals surface area (Å²) < 4.78 is 5.92. The van der Waals surface area contributed by atoms with Crippen molar-refractivity contribution in [1.29, 1.82) is 0 Å². The van der Waals surface area contributed by atoms with Gasteiger partial charge in [-0.3, -0.25) is 9.59 Å². The number of carbonyl (C=O) groups excluding carboxylic acids is 2. The lowest BCUT2D eigenvalue weighted by Crippen LogP contribution is -2.46. The summed E-state index contributed by atoms with van der Waals surface area (Å²) in [6.07, 6.45) is 59.6. The van der Waals surface area contributed by atoms with Gasteiger partial charge in [-0.05, 0) is 44.9 Å². The van der Waals surface area contributed by atoms with Crippen LogP contribution in [-0.4, -0.2) is 46.9 Å². The SMILES string of the molecule is CCCCCCCCC/C=C/C=C/CCCC(CC(=O)NC(CO)C(O)CCCCCCCCCCCCCCCCCCC)OC(=O)CCCCCCCCCCCCCCC. The zero-order chi connectivity index (χ0) is 45.9. The Hall–Kier alpha value is -1.66. The predicted molar refractivity (Wildman–Crippen MR) is 273 cm³/mol. The number of aliphatic hydroxyl groups excluding tert-OH is 2. The molecule has 0 aromatic heterocycles. The Kier molecular flexibility index (Phi) is 50.0. The molecule has 0 saturated heterocycles. The van der Waals surface area contributed by atoms with Crippen molar-refractivity contribution in [2.75, 3.05) is 6.61 Å². The lowest BCUT2D eigenvalue weighted by molar-refractivity contribution is -0.151. The first kappa shape index (κ1) is 61.3. The van der Waals surface area contributed by atoms with Gasteiger partial charge in [-0.25, -0.2) is 0 Å². The van der Waals surface area contributed by atoms with Gasteiger partial charge in [0.15, 0.2) is 0 Å². The summed E-state index contributed by atoms with van der Waals surface area (Å²) in [7, 11) is 0. The van der Waals surface area contributed by atoms with Crippen LogP contribution in [0.25, 0.3) is 0 Å². The lowest BCUT2D eigenvalue weighted by atomic mass is 10.0. The van der Waals surface area contributed by atoms with Crippen LogP contribution in [0.2, 0.25) is 0 Å². The Morgan fingerprint density at radius 2 is 0.810 bits per heavy atom. The molecule has 0 aliphatic heterocycles. The minimum Gasteiger partial charge on any atom is -0.462 e. The fourth-order valence-corrected chi connectivity index (χ4v) is 8.78. The Balaban J connectivity index is 4.54. The van der Waals surface area contributed by atoms with Gasteiger partial charge in [0.25, 0.3) is 0 Å². The average Bonchev–Trinajstić information content (AvgIpc) is 3.28. The third kappa shape index (κ3) is 46.7. The standard InChI is InChI=1S/C57H109NO5/c1-4-7-10-13-16-19-22-25-27-28-29-32-34-37-40-43-46-49-55(60)54(52-59)58-56(61)51-53(48-45-42-39-36-33-31-26-23-20-17-14-11-8-5-2)63-57(62)50-47-44-41-38-35-30-24-21-18-15-12-9-6-3/h31,33,36,39,53-55,59-60H,4-30,32,34-35,37-38,40-52H2,1-3H3,(H,58,61)/b33-31+,39-36+. The van der Waals surface area contributed by atoms with Crippen LogP contribution in [0.15, 0.2) is 24.3 Å². The smallest absolute Gasteiger partial charge is 0.306 e. The molecule has 3 atom stereocenters. The molecule has 372 valence electrons. The summed E-state index contributed by atoms with van der Waals surface area (Å²) in [4.78, 5) is 26.2. The number of amides is 1. The minimum absolute atomic E-state index is 0.0503. The maximum absolute atomic E-state index is 13.2. The van der Waals surface area contributed by atoms with Crippen molar-refractivity contribution in [2.24, 2.45) is 0 Å². The maximum atomic E-state index is 13.2. The van der Waals surface area contributed by atoms with Crippen molar-refractivity contribution in [1.82, 2.24) is 5.32 Å². The van der Waals surface area contributed by atoms with Gasteiger partial charge < -0.3 is 20.3 Å². The zero-order valence-electron chi connectivity index (χ0n) is 42.5. The largest absolute Gasteiger partial charge is 0.462 e. The van der Waals surface area contributed by atoms with Crippen LogP contribution in [-0.2, 0) is 14.3 Å². The third-order valence-corrected chi connectivity index (χ3v) is 13.1. The Morgan fingerprint density at radius 1 is 0.460 bits per heavy atom. The van der Waals surface area contributed by atoms with Gasteiger partial charge >= 0.3 is 5.97 Å². The molecular formula is C57H109NO5. The molecule has 0 rings (SSSR count). The van der Waals surface area contributed by atoms with E-state index in [0.29, 0.717) is 19.3 Å². The monoisotopic (exact) mass is 888 g/mol. The van der Waals surface area contributed by atoms with E-state index in [-0.39, 0.29) is 24.9 Å². The van der Waals surface area contributed by atoms with Gasteiger partial charge in [-0.15, -0.1) is 0 Å². The molecule has 0 saturated carbocycles. The van der Waals surface area contributed by atoms with Crippen LogP contribution in [0.3, 0.4) is 0 Å². The molecule has 0 spiro atoms. The first-order valence-corrected chi connectivity index (χ1v) is 28.1. The maximum Gasteiger partial charge on any atom is 0.306 e. The molecule has 3 N–H and O–H groups in total. The first-order chi connectivity index (χ1) is 31.0. The molecule has 0 aliphatic carbocycles. The summed E-state index contributed by atoms with van der Waals surface area (Å²) in [6, 6.07) is -0.712. The highest BCUT2D eigenvalue weighted by atomic mass is 16.5. The number of aliphatic hydroxyl groups is 2. The van der Waals surface area contributed by atoms with Gasteiger partial charge in [0.2, 0.25) is 5.91 Å². The van der Waals surface area contributed by atoms with E-state index in [2.05, 4.69) is 50.4 Å². The molecule has 0 aromatic rings. The third-order valence-electron chi connectivity index (χ3n) is 13.1. The minimum atomic E-state index is -0.796. The predicted octanol–water partition coefficient (Wildman–Crippen LogP) is 17.1. The van der Waals surface area contributed by atoms with Crippen LogP contribution in [0.4, 0.5) is 0 Å². The fraction of sp³-hybridized carbons (Fsp3) is 0.895. The van der Waals surface area contributed by atoms with E-state index in [1.54, 1.807) is 0 Å². The number of nitrogens with one attached hydrogen (secondary N) is 1. The quantitative estimate of drug-likeness (QED) is 0.0321. The normalized spacial score (nSPS) is 13.3. The van der Waals surface area contributed by atoms with E-state index < -0.39 is 18.2 Å². The van der Waals surface area contributed by atoms with E-state index in [9.17, 15) is 19.8 Å². The zero-order valence-corrected chi connectivity index (χ0v) is 42.5. The Morgan fingerprint density at radius 3 is 1.21 bits per heavy atom. The van der Waals surface area contributed by atoms with Gasteiger partial charge in [-0.2, -0.15) is 0 Å². The molecule has 0 bridgehead atoms. The number of allylic oxidation sites excluding steroid dienone is 4. The number of hydrogen-bond acceptors (Lipinski definition) is 5. The average molecular weight is 889 g/mol. The molecule has 0 fully saturated rings. The van der Waals surface area contributed by atoms with Crippen molar-refractivity contribution in [3.8, 4) is 0 Å². The first-order valence-electron chi connectivity index (χ1n) is 28.1. The summed E-state index contributed by atoms with van der Waals surface area (Å²) in [5.74, 6) is -0.504. The van der Waals surface area contributed by atoms with Gasteiger partial charge in [0, 0.05) is 6.42 Å². The molecule has 0 heterocycles. The highest BCUT2D eigenvalue weighted by Gasteiger charge is 2.24. The van der Waals surface area contributed by atoms with E-state index in [0.717, 1.165) is 57.8 Å². The van der Waals surface area contributed by atoms with Crippen LogP contribution in [0.1, 0.15) is 303 Å². The number of esters is 1. The molecule has 3 unspecified atom stereocenters. The van der Waals surface area contributed by atoms with Crippen molar-refractivity contribution >= 4 is 11.9 Å². The number of unbranched alkanes of at least 4 members (excludes halogenated alkanes) is 36. The number of ether oxygens (including phenoxy) is 1. The molecule has 0 aliphatic rings. The summed E-state index contributed by atoms with van der Waals surface area (Å²) in [5, 5.41) is 23.8. The summed E-state index contributed by atoms with van der Waals surface area (Å²) >= 11 is 0. The van der Waals surface area contributed by atoms with Crippen LogP contribution < -0.4 is 5.32 Å². The topological polar surface area (TPSA) is 95.9 Å². The lowest BCUT2D eigenvalue weighted by Gasteiger charge is -2.24. The summed E-state index contributed by atoms with van der Waals surface area (Å²) in [6.45, 7) is 6.50. The molecule has 1 amide bonds. The summed E-state index contributed by atoms with van der Waals surface area (Å²) in [5.41, 5.74) is 0. The second kappa shape index (κ2) is 51.3. The van der Waals surface area contributed by atoms with Crippen LogP contribution in [0, 0.1) is 0 Å². The van der Waals surface area contributed by atoms with E-state index >= 15 is 0 Å². The van der Waals surface area contributed by atoms with E-state index in [1.165, 1.54) is 199 Å². The number of hydrogen-bond donors (Lipinski definition) is 3. The highest BCUT2D eigenvalue weighted by molar-refractivity contribution is 5.77. The van der Waals surface area contributed by atoms with Gasteiger partial charge in [-0.1, -0.05) is 270 Å². The fourth-order valence-electron chi connectivity index (χ4n) is 8.78. The molecule has 6 nitrogen and oxygen atoms in total. The van der Waals surface area contributed by atoms with Crippen molar-refractivity contribution in [2.45, 2.75) is 322 Å². The number of carbonyl (C=O) groups is 2. The van der Waals surface area contributed by atoms with Crippen molar-refractivity contribution < 1.29 is 24.5 Å².